The first-order valence-electron chi connectivity index (χ1n) is 5.88. The van der Waals surface area contributed by atoms with Gasteiger partial charge in [-0.2, -0.15) is 0 Å². The van der Waals surface area contributed by atoms with Crippen LogP contribution >= 0.6 is 15.9 Å². The second-order valence-corrected chi connectivity index (χ2v) is 4.87. The van der Waals surface area contributed by atoms with Crippen molar-refractivity contribution in [1.82, 2.24) is 0 Å². The second-order valence-electron chi connectivity index (χ2n) is 4.31. The van der Waals surface area contributed by atoms with E-state index in [0.29, 0.717) is 11.4 Å². The molecule has 0 aromatic heterocycles. The van der Waals surface area contributed by atoms with Gasteiger partial charge in [0.25, 0.3) is 0 Å². The van der Waals surface area contributed by atoms with E-state index >= 15 is 0 Å². The highest BCUT2D eigenvalue weighted by Gasteiger charge is 2.31. The number of hydrogen-bond donors (Lipinski definition) is 0. The Bertz CT molecular complexity index is 363. The molecule has 1 aliphatic rings. The normalized spacial score (nSPS) is 15.2. The van der Waals surface area contributed by atoms with Crippen molar-refractivity contribution in [1.29, 1.82) is 0 Å². The van der Waals surface area contributed by atoms with Gasteiger partial charge in [0, 0.05) is 17.9 Å². The summed E-state index contributed by atoms with van der Waals surface area (Å²) in [6, 6.07) is 5.91. The van der Waals surface area contributed by atoms with Crippen LogP contribution in [-0.2, 0) is 5.33 Å². The Kier molecular flexibility index (Phi) is 3.85. The topological polar surface area (TPSA) is 3.24 Å². The molecule has 0 N–H and O–H groups in total. The maximum atomic E-state index is 13.9. The van der Waals surface area contributed by atoms with Gasteiger partial charge in [-0.15, -0.1) is 0 Å². The molecule has 2 rings (SSSR count). The Morgan fingerprint density at radius 1 is 1.44 bits per heavy atom. The second kappa shape index (κ2) is 5.17. The minimum atomic E-state index is -0.0858. The summed E-state index contributed by atoms with van der Waals surface area (Å²) in [7, 11) is 0. The summed E-state index contributed by atoms with van der Waals surface area (Å²) in [6.45, 7) is 3.09. The fraction of sp³-hybridized carbons (Fsp3) is 0.538. The van der Waals surface area contributed by atoms with Gasteiger partial charge in [-0.3, -0.25) is 0 Å². The molecular weight excluding hydrogens is 269 g/mol. The lowest BCUT2D eigenvalue weighted by Crippen LogP contribution is -2.28. The van der Waals surface area contributed by atoms with Gasteiger partial charge in [0.15, 0.2) is 0 Å². The van der Waals surface area contributed by atoms with E-state index in [1.54, 1.807) is 12.1 Å². The van der Waals surface area contributed by atoms with Crippen LogP contribution in [0.25, 0.3) is 0 Å². The monoisotopic (exact) mass is 285 g/mol. The molecule has 0 atom stereocenters. The molecule has 1 aromatic rings. The van der Waals surface area contributed by atoms with Crippen molar-refractivity contribution in [2.24, 2.45) is 0 Å². The molecule has 0 amide bonds. The number of anilines is 1. The van der Waals surface area contributed by atoms with E-state index < -0.39 is 0 Å². The smallest absolute Gasteiger partial charge is 0.146 e. The number of para-hydroxylation sites is 1. The first-order valence-corrected chi connectivity index (χ1v) is 7.00. The molecule has 0 aliphatic heterocycles. The molecule has 0 unspecified atom stereocenters. The molecule has 1 aliphatic carbocycles. The summed E-state index contributed by atoms with van der Waals surface area (Å²) in [6.07, 6.45) is 3.47. The summed E-state index contributed by atoms with van der Waals surface area (Å²) < 4.78 is 13.9. The zero-order chi connectivity index (χ0) is 11.5. The minimum Gasteiger partial charge on any atom is -0.366 e. The third-order valence-electron chi connectivity index (χ3n) is 2.95. The van der Waals surface area contributed by atoms with Gasteiger partial charge < -0.3 is 4.90 Å². The van der Waals surface area contributed by atoms with Gasteiger partial charge >= 0.3 is 0 Å². The van der Waals surface area contributed by atoms with Crippen molar-refractivity contribution < 1.29 is 4.39 Å². The van der Waals surface area contributed by atoms with E-state index in [4.69, 9.17) is 0 Å². The summed E-state index contributed by atoms with van der Waals surface area (Å²) >= 11 is 3.44. The molecule has 1 fully saturated rings. The summed E-state index contributed by atoms with van der Waals surface area (Å²) in [5.74, 6) is -0.0858. The fourth-order valence-electron chi connectivity index (χ4n) is 2.09. The van der Waals surface area contributed by atoms with Gasteiger partial charge in [0.05, 0.1) is 5.69 Å². The van der Waals surface area contributed by atoms with Crippen molar-refractivity contribution >= 4 is 21.6 Å². The van der Waals surface area contributed by atoms with Crippen LogP contribution in [0.2, 0.25) is 0 Å². The van der Waals surface area contributed by atoms with Crippen molar-refractivity contribution in [2.45, 2.75) is 37.6 Å². The molecule has 0 radical (unpaired) electrons. The first-order chi connectivity index (χ1) is 7.77. The molecular formula is C13H17BrFN. The van der Waals surface area contributed by atoms with Crippen LogP contribution in [0.15, 0.2) is 18.2 Å². The Labute approximate surface area is 105 Å². The molecule has 3 heteroatoms. The van der Waals surface area contributed by atoms with Gasteiger partial charge in [-0.1, -0.05) is 35.0 Å². The van der Waals surface area contributed by atoms with Crippen LogP contribution in [0.1, 0.15) is 31.7 Å². The number of halogens is 2. The number of nitrogens with zero attached hydrogens (tertiary/aromatic N) is 1. The molecule has 0 saturated heterocycles. The molecule has 0 heterocycles. The third kappa shape index (κ3) is 2.40. The zero-order valence-corrected chi connectivity index (χ0v) is 11.1. The van der Waals surface area contributed by atoms with E-state index in [0.717, 1.165) is 24.2 Å². The number of alkyl halides is 1. The lowest BCUT2D eigenvalue weighted by atomic mass is 10.1. The fourth-order valence-corrected chi connectivity index (χ4v) is 2.55. The molecule has 1 saturated carbocycles. The quantitative estimate of drug-likeness (QED) is 0.737. The van der Waals surface area contributed by atoms with Crippen molar-refractivity contribution in [3.63, 3.8) is 0 Å². The summed E-state index contributed by atoms with van der Waals surface area (Å²) in [5, 5.41) is 0.715. The van der Waals surface area contributed by atoms with Crippen LogP contribution < -0.4 is 4.90 Å². The van der Waals surface area contributed by atoms with Crippen LogP contribution in [-0.4, -0.2) is 12.6 Å². The molecule has 0 bridgehead atoms. The lowest BCUT2D eigenvalue weighted by Gasteiger charge is -2.26. The molecule has 88 valence electrons. The van der Waals surface area contributed by atoms with Crippen molar-refractivity contribution in [3.8, 4) is 0 Å². The third-order valence-corrected chi connectivity index (χ3v) is 3.56. The highest BCUT2D eigenvalue weighted by atomic mass is 79.9. The van der Waals surface area contributed by atoms with Crippen LogP contribution in [0.3, 0.4) is 0 Å². The predicted octanol–water partition coefficient (Wildman–Crippen LogP) is 4.10. The highest BCUT2D eigenvalue weighted by Crippen LogP contribution is 2.36. The van der Waals surface area contributed by atoms with E-state index in [9.17, 15) is 4.39 Å². The van der Waals surface area contributed by atoms with E-state index in [-0.39, 0.29) is 5.82 Å². The molecule has 16 heavy (non-hydrogen) atoms. The zero-order valence-electron chi connectivity index (χ0n) is 9.55. The average molecular weight is 286 g/mol. The Morgan fingerprint density at radius 2 is 2.19 bits per heavy atom. The van der Waals surface area contributed by atoms with Crippen LogP contribution in [0, 0.1) is 5.82 Å². The van der Waals surface area contributed by atoms with Gasteiger partial charge in [0.1, 0.15) is 5.82 Å². The summed E-state index contributed by atoms with van der Waals surface area (Å²) in [4.78, 5) is 2.24. The number of hydrogen-bond acceptors (Lipinski definition) is 1. The first kappa shape index (κ1) is 11.9. The van der Waals surface area contributed by atoms with Gasteiger partial charge in [-0.25, -0.2) is 4.39 Å². The standard InChI is InChI=1S/C13H17BrFN/c1-2-8-16(11-6-7-11)13-10(9-14)4-3-5-12(13)15/h3-5,11H,2,6-9H2,1H3. The van der Waals surface area contributed by atoms with Crippen molar-refractivity contribution in [2.75, 3.05) is 11.4 Å². The maximum Gasteiger partial charge on any atom is 0.146 e. The number of rotatable bonds is 5. The predicted molar refractivity (Wildman–Crippen MR) is 69.7 cm³/mol. The van der Waals surface area contributed by atoms with E-state index in [1.807, 2.05) is 6.07 Å². The Balaban J connectivity index is 2.34. The van der Waals surface area contributed by atoms with E-state index in [1.165, 1.54) is 12.8 Å². The molecule has 1 aromatic carbocycles. The molecule has 0 spiro atoms. The average Bonchev–Trinajstić information content (AvgIpc) is 3.10. The van der Waals surface area contributed by atoms with Crippen LogP contribution in [0.4, 0.5) is 10.1 Å². The minimum absolute atomic E-state index is 0.0858. The van der Waals surface area contributed by atoms with Gasteiger partial charge in [-0.05, 0) is 30.9 Å². The van der Waals surface area contributed by atoms with Crippen molar-refractivity contribution in [3.05, 3.63) is 29.6 Å². The maximum absolute atomic E-state index is 13.9. The summed E-state index contributed by atoms with van der Waals surface area (Å²) in [5.41, 5.74) is 1.86. The SMILES string of the molecule is CCCN(c1c(F)cccc1CBr)C1CC1. The number of benzene rings is 1. The largest absolute Gasteiger partial charge is 0.366 e. The lowest BCUT2D eigenvalue weighted by molar-refractivity contribution is 0.612. The van der Waals surface area contributed by atoms with Crippen LogP contribution in [0.5, 0.6) is 0 Å². The van der Waals surface area contributed by atoms with E-state index in [2.05, 4.69) is 27.8 Å². The Hall–Kier alpha value is -0.570. The molecule has 1 nitrogen and oxygen atoms in total. The Morgan fingerprint density at radius 3 is 2.75 bits per heavy atom. The highest BCUT2D eigenvalue weighted by molar-refractivity contribution is 9.08. The van der Waals surface area contributed by atoms with Gasteiger partial charge in [0.2, 0.25) is 0 Å².